The van der Waals surface area contributed by atoms with Crippen LogP contribution in [0.15, 0.2) is 24.3 Å². The van der Waals surface area contributed by atoms with Crippen molar-refractivity contribution in [3.63, 3.8) is 0 Å². The Morgan fingerprint density at radius 1 is 0.760 bits per heavy atom. The highest BCUT2D eigenvalue weighted by Gasteiger charge is 2.18. The number of carbonyl (C=O) groups excluding carboxylic acids is 2. The van der Waals surface area contributed by atoms with E-state index >= 15 is 0 Å². The third-order valence-corrected chi connectivity index (χ3v) is 4.75. The summed E-state index contributed by atoms with van der Waals surface area (Å²) >= 11 is 0. The highest BCUT2D eigenvalue weighted by molar-refractivity contribution is 6.39. The van der Waals surface area contributed by atoms with Gasteiger partial charge in [-0.2, -0.15) is 0 Å². The zero-order valence-electron chi connectivity index (χ0n) is 14.9. The second-order valence-corrected chi connectivity index (χ2v) is 6.89. The van der Waals surface area contributed by atoms with E-state index in [2.05, 4.69) is 10.6 Å². The predicted octanol–water partition coefficient (Wildman–Crippen LogP) is 4.55. The number of halogens is 1. The van der Waals surface area contributed by atoms with Gasteiger partial charge >= 0.3 is 11.8 Å². The lowest BCUT2D eigenvalue weighted by molar-refractivity contribution is -0.136. The van der Waals surface area contributed by atoms with E-state index in [0.29, 0.717) is 5.69 Å². The molecule has 2 amide bonds. The SMILES string of the molecule is O=C(Nc1ccc(F)cc1)C(=O)NC1CCCCCCCCCCC1. The van der Waals surface area contributed by atoms with E-state index in [4.69, 9.17) is 0 Å². The Bertz CT molecular complexity index is 533. The highest BCUT2D eigenvalue weighted by Crippen LogP contribution is 2.17. The van der Waals surface area contributed by atoms with Crippen LogP contribution in [-0.4, -0.2) is 17.9 Å². The molecule has 0 saturated heterocycles. The van der Waals surface area contributed by atoms with Gasteiger partial charge in [-0.15, -0.1) is 0 Å². The molecule has 1 saturated carbocycles. The number of carbonyl (C=O) groups is 2. The molecule has 1 fully saturated rings. The minimum atomic E-state index is -0.697. The first-order valence-electron chi connectivity index (χ1n) is 9.52. The summed E-state index contributed by atoms with van der Waals surface area (Å²) in [6, 6.07) is 5.44. The fourth-order valence-corrected chi connectivity index (χ4v) is 3.28. The van der Waals surface area contributed by atoms with Crippen molar-refractivity contribution in [3.05, 3.63) is 30.1 Å². The van der Waals surface area contributed by atoms with Gasteiger partial charge in [-0.05, 0) is 37.1 Å². The van der Waals surface area contributed by atoms with E-state index < -0.39 is 11.8 Å². The molecule has 1 aromatic carbocycles. The standard InChI is InChI=1S/C20H29FN2O2/c21-16-12-14-18(15-13-16)23-20(25)19(24)22-17-10-8-6-4-2-1-3-5-7-9-11-17/h12-15,17H,1-11H2,(H,22,24)(H,23,25). The molecular formula is C20H29FN2O2. The average molecular weight is 348 g/mol. The molecule has 0 spiro atoms. The van der Waals surface area contributed by atoms with Crippen molar-refractivity contribution in [1.29, 1.82) is 0 Å². The van der Waals surface area contributed by atoms with Gasteiger partial charge in [0.15, 0.2) is 0 Å². The largest absolute Gasteiger partial charge is 0.345 e. The molecule has 5 heteroatoms. The van der Waals surface area contributed by atoms with Crippen molar-refractivity contribution < 1.29 is 14.0 Å². The smallest absolute Gasteiger partial charge is 0.313 e. The zero-order chi connectivity index (χ0) is 17.9. The van der Waals surface area contributed by atoms with Crippen molar-refractivity contribution in [2.75, 3.05) is 5.32 Å². The van der Waals surface area contributed by atoms with Crippen LogP contribution in [-0.2, 0) is 9.59 Å². The van der Waals surface area contributed by atoms with E-state index in [1.54, 1.807) is 0 Å². The summed E-state index contributed by atoms with van der Waals surface area (Å²) in [5, 5.41) is 5.39. The zero-order valence-corrected chi connectivity index (χ0v) is 14.9. The molecule has 4 nitrogen and oxygen atoms in total. The molecule has 0 aliphatic heterocycles. The molecular weight excluding hydrogens is 319 g/mol. The van der Waals surface area contributed by atoms with Crippen molar-refractivity contribution in [3.8, 4) is 0 Å². The number of amides is 2. The van der Waals surface area contributed by atoms with Gasteiger partial charge < -0.3 is 10.6 Å². The number of anilines is 1. The molecule has 138 valence electrons. The van der Waals surface area contributed by atoms with Gasteiger partial charge in [-0.1, -0.05) is 57.8 Å². The first-order chi connectivity index (χ1) is 12.1. The molecule has 0 unspecified atom stereocenters. The Morgan fingerprint density at radius 3 is 1.76 bits per heavy atom. The van der Waals surface area contributed by atoms with Crippen molar-refractivity contribution >= 4 is 17.5 Å². The molecule has 0 atom stereocenters. The Labute approximate surface area is 149 Å². The molecule has 0 heterocycles. The Morgan fingerprint density at radius 2 is 1.24 bits per heavy atom. The molecule has 1 aliphatic carbocycles. The predicted molar refractivity (Wildman–Crippen MR) is 97.7 cm³/mol. The third kappa shape index (κ3) is 7.67. The summed E-state index contributed by atoms with van der Waals surface area (Å²) in [6.07, 6.45) is 12.9. The summed E-state index contributed by atoms with van der Waals surface area (Å²) < 4.78 is 12.9. The maximum Gasteiger partial charge on any atom is 0.313 e. The van der Waals surface area contributed by atoms with Gasteiger partial charge in [0.25, 0.3) is 0 Å². The Balaban J connectivity index is 1.82. The fourth-order valence-electron chi connectivity index (χ4n) is 3.28. The normalized spacial score (nSPS) is 17.8. The number of hydrogen-bond donors (Lipinski definition) is 2. The van der Waals surface area contributed by atoms with E-state index in [-0.39, 0.29) is 11.9 Å². The summed E-state index contributed by atoms with van der Waals surface area (Å²) in [4.78, 5) is 24.2. The second kappa shape index (κ2) is 10.9. The van der Waals surface area contributed by atoms with Crippen molar-refractivity contribution in [2.24, 2.45) is 0 Å². The monoisotopic (exact) mass is 348 g/mol. The van der Waals surface area contributed by atoms with Crippen LogP contribution < -0.4 is 10.6 Å². The average Bonchev–Trinajstić information content (AvgIpc) is 2.59. The van der Waals surface area contributed by atoms with Crippen LogP contribution in [0.4, 0.5) is 10.1 Å². The first kappa shape index (κ1) is 19.4. The molecule has 1 aliphatic rings. The van der Waals surface area contributed by atoms with Crippen LogP contribution in [0.1, 0.15) is 70.6 Å². The lowest BCUT2D eigenvalue weighted by Gasteiger charge is -2.19. The minimum absolute atomic E-state index is 0.0610. The summed E-state index contributed by atoms with van der Waals surface area (Å²) in [5.74, 6) is -1.69. The van der Waals surface area contributed by atoms with Crippen LogP contribution in [0.25, 0.3) is 0 Å². The van der Waals surface area contributed by atoms with Gasteiger partial charge in [0.2, 0.25) is 0 Å². The second-order valence-electron chi connectivity index (χ2n) is 6.89. The molecule has 0 aromatic heterocycles. The number of nitrogens with one attached hydrogen (secondary N) is 2. The minimum Gasteiger partial charge on any atom is -0.345 e. The first-order valence-corrected chi connectivity index (χ1v) is 9.52. The summed E-state index contributed by atoms with van der Waals surface area (Å²) in [6.45, 7) is 0. The number of benzene rings is 1. The van der Waals surface area contributed by atoms with Crippen LogP contribution in [0.5, 0.6) is 0 Å². The van der Waals surface area contributed by atoms with E-state index in [1.165, 1.54) is 69.2 Å². The quantitative estimate of drug-likeness (QED) is 0.770. The lowest BCUT2D eigenvalue weighted by Crippen LogP contribution is -2.41. The van der Waals surface area contributed by atoms with Crippen molar-refractivity contribution in [1.82, 2.24) is 5.32 Å². The van der Waals surface area contributed by atoms with Crippen molar-refractivity contribution in [2.45, 2.75) is 76.7 Å². The molecule has 2 rings (SSSR count). The van der Waals surface area contributed by atoms with Gasteiger partial charge in [0.1, 0.15) is 5.82 Å². The third-order valence-electron chi connectivity index (χ3n) is 4.75. The van der Waals surface area contributed by atoms with Gasteiger partial charge in [-0.25, -0.2) is 4.39 Å². The van der Waals surface area contributed by atoms with Gasteiger partial charge in [0.05, 0.1) is 0 Å². The van der Waals surface area contributed by atoms with Crippen LogP contribution >= 0.6 is 0 Å². The van der Waals surface area contributed by atoms with E-state index in [1.807, 2.05) is 0 Å². The molecule has 25 heavy (non-hydrogen) atoms. The molecule has 2 N–H and O–H groups in total. The molecule has 0 radical (unpaired) electrons. The van der Waals surface area contributed by atoms with Gasteiger partial charge in [0, 0.05) is 11.7 Å². The lowest BCUT2D eigenvalue weighted by atomic mass is 9.98. The van der Waals surface area contributed by atoms with Gasteiger partial charge in [-0.3, -0.25) is 9.59 Å². The number of hydrogen-bond acceptors (Lipinski definition) is 2. The fraction of sp³-hybridized carbons (Fsp3) is 0.600. The summed E-state index contributed by atoms with van der Waals surface area (Å²) in [5.41, 5.74) is 0.417. The Hall–Kier alpha value is -1.91. The van der Waals surface area contributed by atoms with Crippen LogP contribution in [0.3, 0.4) is 0 Å². The van der Waals surface area contributed by atoms with E-state index in [0.717, 1.165) is 25.7 Å². The molecule has 0 bridgehead atoms. The topological polar surface area (TPSA) is 58.2 Å². The highest BCUT2D eigenvalue weighted by atomic mass is 19.1. The molecule has 1 aromatic rings. The summed E-state index contributed by atoms with van der Waals surface area (Å²) in [7, 11) is 0. The van der Waals surface area contributed by atoms with Crippen LogP contribution in [0.2, 0.25) is 0 Å². The maximum atomic E-state index is 12.9. The van der Waals surface area contributed by atoms with E-state index in [9.17, 15) is 14.0 Å². The maximum absolute atomic E-state index is 12.9. The Kier molecular flexibility index (Phi) is 8.43. The number of rotatable bonds is 2. The van der Waals surface area contributed by atoms with Crippen LogP contribution in [0, 0.1) is 5.82 Å².